The van der Waals surface area contributed by atoms with Crippen molar-refractivity contribution in [1.29, 1.82) is 5.26 Å². The van der Waals surface area contributed by atoms with Crippen LogP contribution in [0.15, 0.2) is 42.2 Å². The number of nitriles is 1. The zero-order chi connectivity index (χ0) is 10.7. The molecular formula is C12H9ClN2. The summed E-state index contributed by atoms with van der Waals surface area (Å²) in [5, 5.41) is 12.8. The molecule has 1 aliphatic heterocycles. The van der Waals surface area contributed by atoms with E-state index in [4.69, 9.17) is 16.9 Å². The molecular weight excluding hydrogens is 208 g/mol. The van der Waals surface area contributed by atoms with Gasteiger partial charge in [0.05, 0.1) is 5.57 Å². The van der Waals surface area contributed by atoms with Crippen molar-refractivity contribution in [3.63, 3.8) is 0 Å². The van der Waals surface area contributed by atoms with Crippen molar-refractivity contribution in [1.82, 2.24) is 5.32 Å². The van der Waals surface area contributed by atoms with E-state index in [1.165, 1.54) is 0 Å². The molecule has 1 aromatic rings. The number of nitrogens with zero attached hydrogens (tertiary/aromatic N) is 1. The van der Waals surface area contributed by atoms with Gasteiger partial charge < -0.3 is 5.32 Å². The minimum absolute atomic E-state index is 0.645. The van der Waals surface area contributed by atoms with Gasteiger partial charge in [-0.25, -0.2) is 0 Å². The molecule has 1 heterocycles. The first-order chi connectivity index (χ1) is 7.31. The third kappa shape index (κ3) is 2.03. The van der Waals surface area contributed by atoms with Crippen molar-refractivity contribution in [3.05, 3.63) is 52.8 Å². The number of nitrogens with one attached hydrogen (secondary N) is 1. The fourth-order valence-corrected chi connectivity index (χ4v) is 1.71. The van der Waals surface area contributed by atoms with Crippen LogP contribution in [0.25, 0.3) is 5.57 Å². The normalized spacial score (nSPS) is 17.1. The lowest BCUT2D eigenvalue weighted by Gasteiger charge is -2.04. The highest BCUT2D eigenvalue weighted by molar-refractivity contribution is 6.30. The standard InChI is InChI=1S/C12H9ClN2/c13-10-4-1-3-9(7-10)11(8-14)12-5-2-6-15-12/h1-4,6-7,15H,5H2/b12-11+. The summed E-state index contributed by atoms with van der Waals surface area (Å²) in [7, 11) is 0. The fraction of sp³-hybridized carbons (Fsp3) is 0.0833. The summed E-state index contributed by atoms with van der Waals surface area (Å²) in [6.07, 6.45) is 4.60. The van der Waals surface area contributed by atoms with E-state index in [1.807, 2.05) is 24.4 Å². The second-order valence-corrected chi connectivity index (χ2v) is 3.66. The monoisotopic (exact) mass is 216 g/mol. The van der Waals surface area contributed by atoms with E-state index in [0.717, 1.165) is 17.7 Å². The van der Waals surface area contributed by atoms with Gasteiger partial charge in [-0.3, -0.25) is 0 Å². The van der Waals surface area contributed by atoms with E-state index in [2.05, 4.69) is 11.4 Å². The third-order valence-electron chi connectivity index (χ3n) is 2.22. The smallest absolute Gasteiger partial charge is 0.102 e. The highest BCUT2D eigenvalue weighted by atomic mass is 35.5. The average Bonchev–Trinajstić information content (AvgIpc) is 2.72. The first-order valence-corrected chi connectivity index (χ1v) is 5.00. The molecule has 0 saturated heterocycles. The summed E-state index contributed by atoms with van der Waals surface area (Å²) in [4.78, 5) is 0. The van der Waals surface area contributed by atoms with E-state index in [9.17, 15) is 0 Å². The Bertz CT molecular complexity index is 471. The van der Waals surface area contributed by atoms with Gasteiger partial charge >= 0.3 is 0 Å². The first-order valence-electron chi connectivity index (χ1n) is 4.62. The summed E-state index contributed by atoms with van der Waals surface area (Å²) >= 11 is 5.88. The van der Waals surface area contributed by atoms with Gasteiger partial charge in [-0.15, -0.1) is 0 Å². The molecule has 0 radical (unpaired) electrons. The van der Waals surface area contributed by atoms with Crippen molar-refractivity contribution < 1.29 is 0 Å². The number of halogens is 1. The van der Waals surface area contributed by atoms with Crippen LogP contribution < -0.4 is 5.32 Å². The molecule has 0 bridgehead atoms. The van der Waals surface area contributed by atoms with Gasteiger partial charge in [-0.2, -0.15) is 5.26 Å². The van der Waals surface area contributed by atoms with Gasteiger partial charge in [-0.1, -0.05) is 29.8 Å². The number of rotatable bonds is 1. The lowest BCUT2D eigenvalue weighted by molar-refractivity contribution is 1.08. The van der Waals surface area contributed by atoms with E-state index in [1.54, 1.807) is 12.1 Å². The van der Waals surface area contributed by atoms with Crippen LogP contribution in [-0.4, -0.2) is 0 Å². The van der Waals surface area contributed by atoms with Gasteiger partial charge in [0.2, 0.25) is 0 Å². The Balaban J connectivity index is 2.45. The van der Waals surface area contributed by atoms with Crippen molar-refractivity contribution in [2.45, 2.75) is 6.42 Å². The predicted octanol–water partition coefficient (Wildman–Crippen LogP) is 3.08. The van der Waals surface area contributed by atoms with E-state index in [-0.39, 0.29) is 0 Å². The molecule has 0 spiro atoms. The van der Waals surface area contributed by atoms with Crippen molar-refractivity contribution >= 4 is 17.2 Å². The average molecular weight is 217 g/mol. The Morgan fingerprint density at radius 1 is 1.47 bits per heavy atom. The van der Waals surface area contributed by atoms with Gasteiger partial charge in [0.25, 0.3) is 0 Å². The molecule has 0 saturated carbocycles. The van der Waals surface area contributed by atoms with Gasteiger partial charge in [0, 0.05) is 17.1 Å². The van der Waals surface area contributed by atoms with Gasteiger partial charge in [0.15, 0.2) is 0 Å². The maximum Gasteiger partial charge on any atom is 0.102 e. The zero-order valence-electron chi connectivity index (χ0n) is 8.00. The molecule has 1 N–H and O–H groups in total. The van der Waals surface area contributed by atoms with E-state index < -0.39 is 0 Å². The molecule has 15 heavy (non-hydrogen) atoms. The molecule has 2 rings (SSSR count). The molecule has 0 amide bonds. The van der Waals surface area contributed by atoms with Crippen LogP contribution >= 0.6 is 11.6 Å². The van der Waals surface area contributed by atoms with Crippen LogP contribution in [-0.2, 0) is 0 Å². The Hall–Kier alpha value is -1.72. The summed E-state index contributed by atoms with van der Waals surface area (Å²) < 4.78 is 0. The Morgan fingerprint density at radius 2 is 2.33 bits per heavy atom. The predicted molar refractivity (Wildman–Crippen MR) is 60.9 cm³/mol. The molecule has 3 heteroatoms. The quantitative estimate of drug-likeness (QED) is 0.733. The number of hydrogen-bond donors (Lipinski definition) is 1. The Kier molecular flexibility index (Phi) is 2.75. The molecule has 2 nitrogen and oxygen atoms in total. The number of benzene rings is 1. The Morgan fingerprint density at radius 3 is 2.93 bits per heavy atom. The number of allylic oxidation sites excluding steroid dienone is 2. The number of hydrogen-bond acceptors (Lipinski definition) is 2. The van der Waals surface area contributed by atoms with Crippen molar-refractivity contribution in [3.8, 4) is 6.07 Å². The van der Waals surface area contributed by atoms with Gasteiger partial charge in [-0.05, 0) is 23.9 Å². The van der Waals surface area contributed by atoms with Crippen LogP contribution in [0.2, 0.25) is 5.02 Å². The van der Waals surface area contributed by atoms with E-state index in [0.29, 0.717) is 10.6 Å². The molecule has 1 aliphatic rings. The van der Waals surface area contributed by atoms with Crippen LogP contribution in [0.4, 0.5) is 0 Å². The maximum atomic E-state index is 9.11. The fourth-order valence-electron chi connectivity index (χ4n) is 1.52. The zero-order valence-corrected chi connectivity index (χ0v) is 8.75. The summed E-state index contributed by atoms with van der Waals surface area (Å²) in [5.41, 5.74) is 2.44. The lowest BCUT2D eigenvalue weighted by Crippen LogP contribution is -2.01. The molecule has 74 valence electrons. The summed E-state index contributed by atoms with van der Waals surface area (Å²) in [6, 6.07) is 9.53. The van der Waals surface area contributed by atoms with Crippen LogP contribution in [0.3, 0.4) is 0 Å². The van der Waals surface area contributed by atoms with E-state index >= 15 is 0 Å². The second kappa shape index (κ2) is 4.20. The maximum absolute atomic E-state index is 9.11. The van der Waals surface area contributed by atoms with Crippen LogP contribution in [0, 0.1) is 11.3 Å². The Labute approximate surface area is 93.5 Å². The SMILES string of the molecule is N#C/C(=C1/CC=CN1)c1cccc(Cl)c1. The lowest BCUT2D eigenvalue weighted by atomic mass is 10.0. The highest BCUT2D eigenvalue weighted by Crippen LogP contribution is 2.23. The molecule has 0 aliphatic carbocycles. The summed E-state index contributed by atoms with van der Waals surface area (Å²) in [5.74, 6) is 0. The van der Waals surface area contributed by atoms with Crippen LogP contribution in [0.5, 0.6) is 0 Å². The molecule has 1 aromatic carbocycles. The minimum atomic E-state index is 0.645. The largest absolute Gasteiger partial charge is 0.364 e. The minimum Gasteiger partial charge on any atom is -0.364 e. The first kappa shape index (κ1) is 9.82. The van der Waals surface area contributed by atoms with Gasteiger partial charge in [0.1, 0.15) is 6.07 Å². The third-order valence-corrected chi connectivity index (χ3v) is 2.46. The second-order valence-electron chi connectivity index (χ2n) is 3.23. The molecule has 0 aromatic heterocycles. The van der Waals surface area contributed by atoms with Crippen molar-refractivity contribution in [2.24, 2.45) is 0 Å². The molecule has 0 fully saturated rings. The highest BCUT2D eigenvalue weighted by Gasteiger charge is 2.10. The van der Waals surface area contributed by atoms with Crippen LogP contribution in [0.1, 0.15) is 12.0 Å². The molecule has 0 atom stereocenters. The summed E-state index contributed by atoms with van der Waals surface area (Å²) in [6.45, 7) is 0. The topological polar surface area (TPSA) is 35.8 Å². The molecule has 0 unspecified atom stereocenters. The van der Waals surface area contributed by atoms with Crippen molar-refractivity contribution in [2.75, 3.05) is 0 Å².